The second kappa shape index (κ2) is 11.3. The summed E-state index contributed by atoms with van der Waals surface area (Å²) >= 11 is 1.00. The highest BCUT2D eigenvalue weighted by Gasteiger charge is 2.34. The Morgan fingerprint density at radius 2 is 1.79 bits per heavy atom. The molecule has 33 heavy (non-hydrogen) atoms. The second-order valence-corrected chi connectivity index (χ2v) is 9.22. The van der Waals surface area contributed by atoms with Crippen molar-refractivity contribution in [2.75, 3.05) is 26.5 Å². The minimum Gasteiger partial charge on any atom is -0.496 e. The zero-order chi connectivity index (χ0) is 24.0. The molecule has 2 aromatic carbocycles. The number of piperidine rings is 2. The van der Waals surface area contributed by atoms with Crippen LogP contribution in [0, 0.1) is 0 Å². The maximum absolute atomic E-state index is 12.6. The predicted octanol–water partition coefficient (Wildman–Crippen LogP) is 5.95. The molecule has 2 N–H and O–H groups in total. The van der Waals surface area contributed by atoms with Gasteiger partial charge in [0, 0.05) is 10.9 Å². The van der Waals surface area contributed by atoms with Crippen LogP contribution in [-0.4, -0.2) is 43.3 Å². The number of rotatable bonds is 4. The van der Waals surface area contributed by atoms with E-state index in [0.717, 1.165) is 35.9 Å². The van der Waals surface area contributed by atoms with Crippen molar-refractivity contribution < 1.29 is 22.7 Å². The first kappa shape index (κ1) is 25.4. The van der Waals surface area contributed by atoms with Crippen LogP contribution in [0.15, 0.2) is 47.4 Å². The highest BCUT2D eigenvalue weighted by molar-refractivity contribution is 7.98. The van der Waals surface area contributed by atoms with E-state index in [9.17, 15) is 18.0 Å². The molecule has 0 spiro atoms. The van der Waals surface area contributed by atoms with Crippen molar-refractivity contribution in [2.24, 2.45) is 5.73 Å². The fraction of sp³-hybridized carbons (Fsp3) is 0.480. The summed E-state index contributed by atoms with van der Waals surface area (Å²) in [7, 11) is 1.19. The van der Waals surface area contributed by atoms with Crippen molar-refractivity contribution in [3.63, 3.8) is 0 Å². The lowest BCUT2D eigenvalue weighted by Gasteiger charge is -2.44. The highest BCUT2D eigenvalue weighted by atomic mass is 32.2. The molecule has 8 heteroatoms. The number of nitrogens with two attached hydrogens (primary N) is 1. The molecule has 0 radical (unpaired) electrons. The number of carbonyl (C=O) groups is 1. The second-order valence-electron chi connectivity index (χ2n) is 8.38. The molecule has 2 aromatic rings. The number of carbonyl (C=O) groups excluding carboxylic acids is 1. The number of nitrogens with zero attached hydrogens (tertiary/aromatic N) is 1. The lowest BCUT2D eigenvalue weighted by molar-refractivity contribution is -0.137. The van der Waals surface area contributed by atoms with Crippen LogP contribution in [0.5, 0.6) is 5.75 Å². The third-order valence-corrected chi connectivity index (χ3v) is 7.16. The van der Waals surface area contributed by atoms with E-state index in [1.165, 1.54) is 52.3 Å². The van der Waals surface area contributed by atoms with E-state index in [1.807, 2.05) is 0 Å². The molecule has 2 saturated heterocycles. The summed E-state index contributed by atoms with van der Waals surface area (Å²) in [4.78, 5) is 14.1. The van der Waals surface area contributed by atoms with Gasteiger partial charge in [0.2, 0.25) is 0 Å². The van der Waals surface area contributed by atoms with Crippen molar-refractivity contribution >= 4 is 17.7 Å². The number of hydrogen-bond acceptors (Lipinski definition) is 4. The molecule has 4 rings (SSSR count). The molecular weight excluding hydrogens is 449 g/mol. The number of primary amides is 1. The van der Waals surface area contributed by atoms with Gasteiger partial charge >= 0.3 is 6.18 Å². The zero-order valence-corrected chi connectivity index (χ0v) is 19.8. The van der Waals surface area contributed by atoms with Gasteiger partial charge in [-0.15, -0.1) is 11.8 Å². The molecule has 2 fully saturated rings. The Morgan fingerprint density at radius 1 is 1.09 bits per heavy atom. The van der Waals surface area contributed by atoms with E-state index >= 15 is 0 Å². The fourth-order valence-corrected chi connectivity index (χ4v) is 5.51. The SMILES string of the molecule is COc1cc(C(F)(F)F)cc(SC)c1C(N)=O.c1ccc(C2CCCN3CCCCC23)cc1. The Kier molecular flexibility index (Phi) is 8.70. The van der Waals surface area contributed by atoms with Crippen LogP contribution in [0.3, 0.4) is 0 Å². The number of benzene rings is 2. The number of halogens is 3. The van der Waals surface area contributed by atoms with Gasteiger partial charge in [0.1, 0.15) is 5.75 Å². The summed E-state index contributed by atoms with van der Waals surface area (Å²) in [6.07, 6.45) is 4.11. The topological polar surface area (TPSA) is 55.6 Å². The molecular formula is C25H31F3N2O2S. The van der Waals surface area contributed by atoms with Crippen LogP contribution in [-0.2, 0) is 6.18 Å². The average Bonchev–Trinajstić information content (AvgIpc) is 2.83. The molecule has 0 aromatic heterocycles. The molecule has 0 aliphatic carbocycles. The molecule has 2 aliphatic heterocycles. The molecule has 4 nitrogen and oxygen atoms in total. The maximum Gasteiger partial charge on any atom is 0.416 e. The van der Waals surface area contributed by atoms with Crippen LogP contribution < -0.4 is 10.5 Å². The largest absolute Gasteiger partial charge is 0.496 e. The van der Waals surface area contributed by atoms with Crippen molar-refractivity contribution in [1.82, 2.24) is 4.90 Å². The average molecular weight is 481 g/mol. The van der Waals surface area contributed by atoms with Crippen LogP contribution >= 0.6 is 11.8 Å². The summed E-state index contributed by atoms with van der Waals surface area (Å²) in [6, 6.07) is 13.6. The number of alkyl halides is 3. The fourth-order valence-electron chi connectivity index (χ4n) is 4.86. The van der Waals surface area contributed by atoms with Crippen LogP contribution in [0.2, 0.25) is 0 Å². The van der Waals surface area contributed by atoms with Crippen molar-refractivity contribution in [2.45, 2.75) is 55.1 Å². The zero-order valence-electron chi connectivity index (χ0n) is 19.0. The molecule has 0 bridgehead atoms. The highest BCUT2D eigenvalue weighted by Crippen LogP contribution is 2.38. The quantitative estimate of drug-likeness (QED) is 0.549. The third-order valence-electron chi connectivity index (χ3n) is 6.40. The molecule has 2 unspecified atom stereocenters. The summed E-state index contributed by atoms with van der Waals surface area (Å²) in [5, 5.41) is 0. The summed E-state index contributed by atoms with van der Waals surface area (Å²) < 4.78 is 42.5. The number of thioether (sulfide) groups is 1. The maximum atomic E-state index is 12.6. The predicted molar refractivity (Wildman–Crippen MR) is 126 cm³/mol. The van der Waals surface area contributed by atoms with Gasteiger partial charge in [-0.2, -0.15) is 13.2 Å². The Balaban J connectivity index is 0.000000186. The van der Waals surface area contributed by atoms with Crippen molar-refractivity contribution in [3.05, 3.63) is 59.2 Å². The number of methoxy groups -OCH3 is 1. The number of amides is 1. The van der Waals surface area contributed by atoms with Gasteiger partial charge in [-0.25, -0.2) is 0 Å². The summed E-state index contributed by atoms with van der Waals surface area (Å²) in [5.74, 6) is -0.188. The summed E-state index contributed by atoms with van der Waals surface area (Å²) in [6.45, 7) is 2.68. The Bertz CT molecular complexity index is 910. The Morgan fingerprint density at radius 3 is 2.39 bits per heavy atom. The smallest absolute Gasteiger partial charge is 0.416 e. The minimum absolute atomic E-state index is 0.0343. The lowest BCUT2D eigenvalue weighted by atomic mass is 9.79. The number of hydrogen-bond donors (Lipinski definition) is 1. The van der Waals surface area contributed by atoms with Gasteiger partial charge in [0.15, 0.2) is 0 Å². The van der Waals surface area contributed by atoms with Crippen LogP contribution in [0.25, 0.3) is 0 Å². The van der Waals surface area contributed by atoms with E-state index < -0.39 is 17.6 Å². The van der Waals surface area contributed by atoms with Gasteiger partial charge in [-0.05, 0) is 68.6 Å². The number of fused-ring (bicyclic) bond motifs is 1. The number of ether oxygens (including phenoxy) is 1. The monoisotopic (exact) mass is 480 g/mol. The molecule has 2 aliphatic rings. The van der Waals surface area contributed by atoms with Gasteiger partial charge in [-0.1, -0.05) is 36.8 Å². The molecule has 0 saturated carbocycles. The van der Waals surface area contributed by atoms with E-state index in [2.05, 4.69) is 35.2 Å². The molecule has 2 atom stereocenters. The normalized spacial score (nSPS) is 20.9. The van der Waals surface area contributed by atoms with E-state index in [0.29, 0.717) is 0 Å². The first-order chi connectivity index (χ1) is 15.8. The summed E-state index contributed by atoms with van der Waals surface area (Å²) in [5.41, 5.74) is 5.77. The molecule has 2 heterocycles. The Labute approximate surface area is 197 Å². The lowest BCUT2D eigenvalue weighted by Crippen LogP contribution is -2.46. The van der Waals surface area contributed by atoms with Gasteiger partial charge in [0.05, 0.1) is 18.2 Å². The standard InChI is InChI=1S/C15H21N.C10H10F3NO2S/c1-2-7-13(8-3-1)14-9-6-12-16-11-5-4-10-15(14)16;1-16-6-3-5(10(11,12)13)4-7(17-2)8(6)9(14)15/h1-3,7-8,14-15H,4-6,9-12H2;3-4H,1-2H3,(H2,14,15). The van der Waals surface area contributed by atoms with Crippen LogP contribution in [0.1, 0.15) is 59.5 Å². The van der Waals surface area contributed by atoms with E-state index in [1.54, 1.807) is 11.8 Å². The van der Waals surface area contributed by atoms with E-state index in [4.69, 9.17) is 10.5 Å². The van der Waals surface area contributed by atoms with Gasteiger partial charge < -0.3 is 10.5 Å². The first-order valence-electron chi connectivity index (χ1n) is 11.2. The molecule has 1 amide bonds. The van der Waals surface area contributed by atoms with E-state index in [-0.39, 0.29) is 16.2 Å². The third kappa shape index (κ3) is 6.23. The van der Waals surface area contributed by atoms with Crippen LogP contribution in [0.4, 0.5) is 13.2 Å². The van der Waals surface area contributed by atoms with Gasteiger partial charge in [0.25, 0.3) is 5.91 Å². The Hall–Kier alpha value is -2.19. The first-order valence-corrected chi connectivity index (χ1v) is 12.4. The minimum atomic E-state index is -4.49. The molecule has 180 valence electrons. The van der Waals surface area contributed by atoms with Crippen molar-refractivity contribution in [3.8, 4) is 5.75 Å². The van der Waals surface area contributed by atoms with Gasteiger partial charge in [-0.3, -0.25) is 9.69 Å². The van der Waals surface area contributed by atoms with Crippen molar-refractivity contribution in [1.29, 1.82) is 0 Å².